The highest BCUT2D eigenvalue weighted by Gasteiger charge is 2.39. The molecule has 9 N–H and O–H groups in total. The molecule has 1 aliphatic rings. The number of aromatic amines is 1. The largest absolute Gasteiger partial charge is 0.481 e. The van der Waals surface area contributed by atoms with Gasteiger partial charge in [-0.25, -0.2) is 9.78 Å². The summed E-state index contributed by atoms with van der Waals surface area (Å²) in [4.78, 5) is 79.8. The highest BCUT2D eigenvalue weighted by atomic mass is 16.4. The van der Waals surface area contributed by atoms with Gasteiger partial charge in [0.25, 0.3) is 0 Å². The molecule has 15 nitrogen and oxygen atoms in total. The molecule has 2 rings (SSSR count). The number of carbonyl (C=O) groups excluding carboxylic acids is 4. The molecule has 1 saturated heterocycles. The quantitative estimate of drug-likeness (QED) is 0.147. The third-order valence-corrected chi connectivity index (χ3v) is 5.46. The van der Waals surface area contributed by atoms with Crippen molar-refractivity contribution in [1.29, 1.82) is 0 Å². The van der Waals surface area contributed by atoms with Crippen LogP contribution < -0.4 is 22.1 Å². The molecule has 1 aromatic rings. The van der Waals surface area contributed by atoms with Gasteiger partial charge in [-0.05, 0) is 19.3 Å². The summed E-state index contributed by atoms with van der Waals surface area (Å²) in [6.07, 6.45) is 2.51. The molecule has 1 aliphatic heterocycles. The molecule has 0 spiro atoms. The number of nitrogens with zero attached hydrogens (tertiary/aromatic N) is 2. The summed E-state index contributed by atoms with van der Waals surface area (Å²) < 4.78 is 0. The molecule has 0 aliphatic carbocycles. The summed E-state index contributed by atoms with van der Waals surface area (Å²) in [5.41, 5.74) is 11.4. The van der Waals surface area contributed by atoms with Gasteiger partial charge in [0, 0.05) is 31.3 Å². The second-order valence-corrected chi connectivity index (χ2v) is 8.14. The molecule has 192 valence electrons. The lowest BCUT2D eigenvalue weighted by atomic mass is 10.1. The number of hydrogen-bond donors (Lipinski definition) is 7. The Labute approximate surface area is 199 Å². The van der Waals surface area contributed by atoms with Crippen LogP contribution in [0.25, 0.3) is 0 Å². The molecule has 4 unspecified atom stereocenters. The SMILES string of the molecule is NC(=O)CCC(N)C(=O)NC(Cc1cnc[nH]1)C(=O)N1CCCC1C(=O)NC(CC(=O)O)C(=O)O. The number of carboxylic acids is 2. The van der Waals surface area contributed by atoms with Gasteiger partial charge in [0.05, 0.1) is 18.8 Å². The van der Waals surface area contributed by atoms with Crippen molar-refractivity contribution in [1.82, 2.24) is 25.5 Å². The number of hydrogen-bond acceptors (Lipinski definition) is 8. The number of carboxylic acid groups (broad SMARTS) is 2. The fraction of sp³-hybridized carbons (Fsp3) is 0.550. The van der Waals surface area contributed by atoms with E-state index in [0.29, 0.717) is 12.1 Å². The Hall–Kier alpha value is -4.01. The minimum Gasteiger partial charge on any atom is -0.481 e. The average molecular weight is 495 g/mol. The van der Waals surface area contributed by atoms with Crippen LogP contribution in [-0.2, 0) is 35.2 Å². The minimum atomic E-state index is -1.67. The fourth-order valence-electron chi connectivity index (χ4n) is 3.67. The molecule has 35 heavy (non-hydrogen) atoms. The van der Waals surface area contributed by atoms with E-state index in [-0.39, 0.29) is 32.2 Å². The summed E-state index contributed by atoms with van der Waals surface area (Å²) >= 11 is 0. The third-order valence-electron chi connectivity index (χ3n) is 5.46. The monoisotopic (exact) mass is 495 g/mol. The number of rotatable bonds is 13. The van der Waals surface area contributed by atoms with Gasteiger partial charge in [0.1, 0.15) is 18.1 Å². The summed E-state index contributed by atoms with van der Waals surface area (Å²) in [5.74, 6) is -5.69. The van der Waals surface area contributed by atoms with Gasteiger partial charge in [0.15, 0.2) is 0 Å². The number of H-pyrrole nitrogens is 1. The van der Waals surface area contributed by atoms with E-state index in [1.807, 2.05) is 0 Å². The summed E-state index contributed by atoms with van der Waals surface area (Å²) in [5, 5.41) is 22.8. The lowest BCUT2D eigenvalue weighted by molar-refractivity contribution is -0.148. The molecule has 15 heteroatoms. The van der Waals surface area contributed by atoms with E-state index < -0.39 is 66.2 Å². The summed E-state index contributed by atoms with van der Waals surface area (Å²) in [6, 6.07) is -4.97. The molecule has 2 heterocycles. The maximum absolute atomic E-state index is 13.4. The molecular weight excluding hydrogens is 466 g/mol. The van der Waals surface area contributed by atoms with Crippen molar-refractivity contribution in [2.75, 3.05) is 6.54 Å². The molecule has 1 aromatic heterocycles. The number of aromatic nitrogens is 2. The number of amides is 4. The van der Waals surface area contributed by atoms with Crippen molar-refractivity contribution in [3.05, 3.63) is 18.2 Å². The number of carbonyl (C=O) groups is 6. The topological polar surface area (TPSA) is 251 Å². The first kappa shape index (κ1) is 27.2. The van der Waals surface area contributed by atoms with Crippen LogP contribution >= 0.6 is 0 Å². The Kier molecular flexibility index (Phi) is 9.69. The Morgan fingerprint density at radius 1 is 1.17 bits per heavy atom. The van der Waals surface area contributed by atoms with E-state index in [4.69, 9.17) is 16.6 Å². The standard InChI is InChI=1S/C20H29N7O8/c21-11(3-4-15(22)28)17(31)25-12(6-10-8-23-9-24-10)19(33)27-5-1-2-14(27)18(32)26-13(20(34)35)7-16(29)30/h8-9,11-14H,1-7,21H2,(H2,22,28)(H,23,24)(H,25,31)(H,26,32)(H,29,30)(H,34,35). The van der Waals surface area contributed by atoms with Crippen LogP contribution in [0.15, 0.2) is 12.5 Å². The van der Waals surface area contributed by atoms with Crippen LogP contribution in [0.2, 0.25) is 0 Å². The first-order valence-electron chi connectivity index (χ1n) is 10.9. The van der Waals surface area contributed by atoms with Gasteiger partial charge in [-0.3, -0.25) is 24.0 Å². The van der Waals surface area contributed by atoms with Crippen LogP contribution in [0.4, 0.5) is 0 Å². The normalized spacial score (nSPS) is 17.7. The Morgan fingerprint density at radius 2 is 1.89 bits per heavy atom. The zero-order valence-corrected chi connectivity index (χ0v) is 18.8. The van der Waals surface area contributed by atoms with E-state index in [0.717, 1.165) is 0 Å². The highest BCUT2D eigenvalue weighted by Crippen LogP contribution is 2.20. The summed E-state index contributed by atoms with van der Waals surface area (Å²) in [6.45, 7) is 0.163. The number of nitrogens with one attached hydrogen (secondary N) is 3. The molecule has 0 bridgehead atoms. The van der Waals surface area contributed by atoms with Gasteiger partial charge in [-0.2, -0.15) is 0 Å². The molecule has 0 radical (unpaired) electrons. The highest BCUT2D eigenvalue weighted by molar-refractivity contribution is 5.95. The van der Waals surface area contributed by atoms with Crippen LogP contribution in [0.1, 0.15) is 37.8 Å². The molecule has 4 amide bonds. The van der Waals surface area contributed by atoms with E-state index in [1.165, 1.54) is 17.4 Å². The summed E-state index contributed by atoms with van der Waals surface area (Å²) in [7, 11) is 0. The molecular formula is C20H29N7O8. The first-order chi connectivity index (χ1) is 16.5. The second kappa shape index (κ2) is 12.5. The van der Waals surface area contributed by atoms with Crippen LogP contribution in [-0.4, -0.2) is 91.4 Å². The molecule has 0 aromatic carbocycles. The minimum absolute atomic E-state index is 0.00524. The first-order valence-corrected chi connectivity index (χ1v) is 10.9. The average Bonchev–Trinajstić information content (AvgIpc) is 3.47. The lowest BCUT2D eigenvalue weighted by Gasteiger charge is -2.29. The maximum atomic E-state index is 13.4. The van der Waals surface area contributed by atoms with Crippen molar-refractivity contribution >= 4 is 35.6 Å². The van der Waals surface area contributed by atoms with Gasteiger partial charge in [-0.15, -0.1) is 0 Å². The third kappa shape index (κ3) is 8.06. The molecule has 1 fully saturated rings. The zero-order chi connectivity index (χ0) is 26.1. The molecule has 0 saturated carbocycles. The maximum Gasteiger partial charge on any atom is 0.326 e. The van der Waals surface area contributed by atoms with Crippen LogP contribution in [0.3, 0.4) is 0 Å². The number of primary amides is 1. The van der Waals surface area contributed by atoms with Crippen molar-refractivity contribution in [3.8, 4) is 0 Å². The lowest BCUT2D eigenvalue weighted by Crippen LogP contribution is -2.57. The van der Waals surface area contributed by atoms with E-state index >= 15 is 0 Å². The van der Waals surface area contributed by atoms with Crippen LogP contribution in [0.5, 0.6) is 0 Å². The van der Waals surface area contributed by atoms with E-state index in [1.54, 1.807) is 0 Å². The van der Waals surface area contributed by atoms with Gasteiger partial charge < -0.3 is 42.2 Å². The van der Waals surface area contributed by atoms with Crippen LogP contribution in [0, 0.1) is 0 Å². The van der Waals surface area contributed by atoms with E-state index in [9.17, 15) is 33.9 Å². The number of aliphatic carboxylic acids is 2. The Bertz CT molecular complexity index is 951. The Morgan fingerprint density at radius 3 is 2.46 bits per heavy atom. The smallest absolute Gasteiger partial charge is 0.326 e. The van der Waals surface area contributed by atoms with Gasteiger partial charge in [-0.1, -0.05) is 0 Å². The van der Waals surface area contributed by atoms with Gasteiger partial charge in [0.2, 0.25) is 23.6 Å². The predicted octanol–water partition coefficient (Wildman–Crippen LogP) is -2.94. The van der Waals surface area contributed by atoms with Crippen molar-refractivity contribution < 1.29 is 39.0 Å². The number of imidazole rings is 1. The molecule has 4 atom stereocenters. The van der Waals surface area contributed by atoms with Crippen molar-refractivity contribution in [2.24, 2.45) is 11.5 Å². The predicted molar refractivity (Wildman–Crippen MR) is 117 cm³/mol. The zero-order valence-electron chi connectivity index (χ0n) is 18.8. The fourth-order valence-corrected chi connectivity index (χ4v) is 3.67. The van der Waals surface area contributed by atoms with Crippen molar-refractivity contribution in [3.63, 3.8) is 0 Å². The second-order valence-electron chi connectivity index (χ2n) is 8.14. The van der Waals surface area contributed by atoms with Gasteiger partial charge >= 0.3 is 11.9 Å². The number of nitrogens with two attached hydrogens (primary N) is 2. The number of likely N-dealkylation sites (tertiary alicyclic amines) is 1. The Balaban J connectivity index is 2.16. The van der Waals surface area contributed by atoms with E-state index in [2.05, 4.69) is 20.6 Å². The van der Waals surface area contributed by atoms with Crippen molar-refractivity contribution in [2.45, 2.75) is 62.7 Å².